The van der Waals surface area contributed by atoms with Crippen LogP contribution in [0.2, 0.25) is 5.02 Å². The average molecular weight is 308 g/mol. The number of amides is 3. The molecule has 112 valence electrons. The molecule has 0 saturated carbocycles. The highest BCUT2D eigenvalue weighted by molar-refractivity contribution is 6.33. The Morgan fingerprint density at radius 2 is 2.29 bits per heavy atom. The van der Waals surface area contributed by atoms with Gasteiger partial charge in [0.15, 0.2) is 0 Å². The number of hydrogen-bond acceptors (Lipinski definition) is 2. The number of anilines is 1. The Morgan fingerprint density at radius 1 is 1.48 bits per heavy atom. The first kappa shape index (κ1) is 14.2. The van der Waals surface area contributed by atoms with Crippen LogP contribution < -0.4 is 10.6 Å². The molecule has 2 aliphatic rings. The molecule has 2 saturated heterocycles. The van der Waals surface area contributed by atoms with Gasteiger partial charge in [0.2, 0.25) is 5.91 Å². The van der Waals surface area contributed by atoms with Gasteiger partial charge in [0.05, 0.1) is 22.7 Å². The van der Waals surface area contributed by atoms with Crippen molar-refractivity contribution in [1.82, 2.24) is 10.2 Å². The normalized spacial score (nSPS) is 24.5. The Morgan fingerprint density at radius 3 is 3.05 bits per heavy atom. The molecule has 5 nitrogen and oxygen atoms in total. The number of nitrogens with zero attached hydrogens (tertiary/aromatic N) is 1. The largest absolute Gasteiger partial charge is 0.354 e. The van der Waals surface area contributed by atoms with Gasteiger partial charge in [-0.05, 0) is 37.5 Å². The van der Waals surface area contributed by atoms with Crippen molar-refractivity contribution >= 4 is 29.2 Å². The summed E-state index contributed by atoms with van der Waals surface area (Å²) in [5, 5.41) is 6.22. The van der Waals surface area contributed by atoms with Crippen molar-refractivity contribution in [2.24, 2.45) is 5.92 Å². The molecule has 2 N–H and O–H groups in total. The van der Waals surface area contributed by atoms with Gasteiger partial charge in [0.1, 0.15) is 0 Å². The van der Waals surface area contributed by atoms with Crippen LogP contribution in [0.5, 0.6) is 0 Å². The number of aryl methyl sites for hydroxylation is 1. The highest BCUT2D eigenvalue weighted by Crippen LogP contribution is 2.29. The Balaban J connectivity index is 1.74. The average Bonchev–Trinajstić information content (AvgIpc) is 2.84. The number of carbonyl (C=O) groups excluding carboxylic acids is 2. The van der Waals surface area contributed by atoms with Gasteiger partial charge in [0.25, 0.3) is 0 Å². The van der Waals surface area contributed by atoms with Crippen LogP contribution in [-0.2, 0) is 4.79 Å². The van der Waals surface area contributed by atoms with Crippen molar-refractivity contribution in [2.75, 3.05) is 18.4 Å². The summed E-state index contributed by atoms with van der Waals surface area (Å²) < 4.78 is 0. The Kier molecular flexibility index (Phi) is 3.76. The minimum absolute atomic E-state index is 0.0459. The topological polar surface area (TPSA) is 61.4 Å². The Labute approximate surface area is 128 Å². The molecular weight excluding hydrogens is 290 g/mol. The molecule has 0 radical (unpaired) electrons. The van der Waals surface area contributed by atoms with E-state index in [0.717, 1.165) is 18.4 Å². The van der Waals surface area contributed by atoms with Gasteiger partial charge in [-0.3, -0.25) is 4.79 Å². The van der Waals surface area contributed by atoms with E-state index in [0.29, 0.717) is 23.8 Å². The second kappa shape index (κ2) is 5.56. The maximum atomic E-state index is 12.5. The van der Waals surface area contributed by atoms with E-state index in [9.17, 15) is 9.59 Å². The molecule has 2 heterocycles. The lowest BCUT2D eigenvalue weighted by molar-refractivity contribution is -0.123. The van der Waals surface area contributed by atoms with Gasteiger partial charge in [0, 0.05) is 13.1 Å². The summed E-state index contributed by atoms with van der Waals surface area (Å²) in [4.78, 5) is 26.0. The molecule has 2 atom stereocenters. The van der Waals surface area contributed by atoms with Crippen molar-refractivity contribution in [1.29, 1.82) is 0 Å². The highest BCUT2D eigenvalue weighted by Gasteiger charge is 2.42. The summed E-state index contributed by atoms with van der Waals surface area (Å²) in [5.74, 6) is -0.0103. The third-order valence-corrected chi connectivity index (χ3v) is 4.54. The Hall–Kier alpha value is -1.75. The number of benzene rings is 1. The number of nitrogens with one attached hydrogen (secondary N) is 2. The zero-order valence-corrected chi connectivity index (χ0v) is 12.6. The zero-order valence-electron chi connectivity index (χ0n) is 11.9. The number of likely N-dealkylation sites (tertiary alicyclic amines) is 1. The number of carbonyl (C=O) groups is 2. The number of fused-ring (bicyclic) bond motifs is 1. The fraction of sp³-hybridized carbons (Fsp3) is 0.467. The van der Waals surface area contributed by atoms with Crippen LogP contribution in [-0.4, -0.2) is 36.0 Å². The quantitative estimate of drug-likeness (QED) is 0.837. The van der Waals surface area contributed by atoms with E-state index in [4.69, 9.17) is 11.6 Å². The van der Waals surface area contributed by atoms with E-state index in [-0.39, 0.29) is 23.9 Å². The van der Waals surface area contributed by atoms with Gasteiger partial charge in [-0.15, -0.1) is 0 Å². The molecule has 0 unspecified atom stereocenters. The monoisotopic (exact) mass is 307 g/mol. The van der Waals surface area contributed by atoms with Gasteiger partial charge < -0.3 is 15.5 Å². The lowest BCUT2D eigenvalue weighted by Gasteiger charge is -2.35. The van der Waals surface area contributed by atoms with Crippen LogP contribution in [0.4, 0.5) is 10.5 Å². The fourth-order valence-corrected chi connectivity index (χ4v) is 3.39. The molecule has 0 spiro atoms. The first-order chi connectivity index (χ1) is 10.1. The molecule has 2 fully saturated rings. The molecule has 1 aromatic carbocycles. The van der Waals surface area contributed by atoms with E-state index < -0.39 is 0 Å². The molecule has 3 rings (SSSR count). The minimum atomic E-state index is -0.188. The van der Waals surface area contributed by atoms with Crippen LogP contribution >= 0.6 is 11.6 Å². The molecule has 0 aromatic heterocycles. The molecule has 0 bridgehead atoms. The van der Waals surface area contributed by atoms with Crippen molar-refractivity contribution in [3.63, 3.8) is 0 Å². The molecule has 6 heteroatoms. The summed E-state index contributed by atoms with van der Waals surface area (Å²) in [6, 6.07) is 5.29. The highest BCUT2D eigenvalue weighted by atomic mass is 35.5. The van der Waals surface area contributed by atoms with Crippen LogP contribution in [0.25, 0.3) is 0 Å². The van der Waals surface area contributed by atoms with Crippen molar-refractivity contribution in [3.8, 4) is 0 Å². The second-order valence-corrected chi connectivity index (χ2v) is 6.08. The third-order valence-electron chi connectivity index (χ3n) is 4.23. The van der Waals surface area contributed by atoms with Crippen LogP contribution in [0.15, 0.2) is 18.2 Å². The molecule has 21 heavy (non-hydrogen) atoms. The molecule has 1 aromatic rings. The number of urea groups is 1. The predicted octanol–water partition coefficient (Wildman–Crippen LogP) is 2.39. The van der Waals surface area contributed by atoms with E-state index in [2.05, 4.69) is 10.6 Å². The lowest BCUT2D eigenvalue weighted by atomic mass is 9.92. The van der Waals surface area contributed by atoms with Crippen molar-refractivity contribution in [3.05, 3.63) is 28.8 Å². The van der Waals surface area contributed by atoms with Gasteiger partial charge in [-0.2, -0.15) is 0 Å². The molecular formula is C15H18ClN3O2. The minimum Gasteiger partial charge on any atom is -0.354 e. The zero-order chi connectivity index (χ0) is 15.0. The first-order valence-corrected chi connectivity index (χ1v) is 7.55. The molecule has 0 aliphatic carbocycles. The summed E-state index contributed by atoms with van der Waals surface area (Å²) in [6.07, 6.45) is 1.70. The molecule has 3 amide bonds. The maximum Gasteiger partial charge on any atom is 0.322 e. The van der Waals surface area contributed by atoms with E-state index in [1.807, 2.05) is 19.1 Å². The number of rotatable bonds is 1. The third kappa shape index (κ3) is 2.70. The second-order valence-electron chi connectivity index (χ2n) is 5.67. The summed E-state index contributed by atoms with van der Waals surface area (Å²) in [6.45, 7) is 3.16. The van der Waals surface area contributed by atoms with Gasteiger partial charge in [-0.25, -0.2) is 4.79 Å². The SMILES string of the molecule is Cc1ccc(NC(=O)N2CCC[C@@H]3C(=O)NC[C@@H]32)c(Cl)c1. The fourth-order valence-electron chi connectivity index (χ4n) is 3.11. The van der Waals surface area contributed by atoms with Crippen LogP contribution in [0, 0.1) is 12.8 Å². The smallest absolute Gasteiger partial charge is 0.322 e. The maximum absolute atomic E-state index is 12.5. The van der Waals surface area contributed by atoms with Crippen LogP contribution in [0.1, 0.15) is 18.4 Å². The summed E-state index contributed by atoms with van der Waals surface area (Å²) >= 11 is 6.15. The Bertz CT molecular complexity index is 590. The number of piperidine rings is 1. The predicted molar refractivity (Wildman–Crippen MR) is 81.4 cm³/mol. The van der Waals surface area contributed by atoms with E-state index in [1.165, 1.54) is 0 Å². The van der Waals surface area contributed by atoms with E-state index in [1.54, 1.807) is 11.0 Å². The number of hydrogen-bond donors (Lipinski definition) is 2. The molecule has 2 aliphatic heterocycles. The van der Waals surface area contributed by atoms with Gasteiger partial charge >= 0.3 is 6.03 Å². The summed E-state index contributed by atoms with van der Waals surface area (Å²) in [5.41, 5.74) is 1.65. The lowest BCUT2D eigenvalue weighted by Crippen LogP contribution is -2.50. The van der Waals surface area contributed by atoms with Crippen molar-refractivity contribution < 1.29 is 9.59 Å². The van der Waals surface area contributed by atoms with Crippen LogP contribution in [0.3, 0.4) is 0 Å². The summed E-state index contributed by atoms with van der Waals surface area (Å²) in [7, 11) is 0. The number of halogens is 1. The van der Waals surface area contributed by atoms with Crippen molar-refractivity contribution in [2.45, 2.75) is 25.8 Å². The standard InChI is InChI=1S/C15H18ClN3O2/c1-9-4-5-12(11(16)7-9)18-15(21)19-6-2-3-10-13(19)8-17-14(10)20/h4-5,7,10,13H,2-3,6,8H2,1H3,(H,17,20)(H,18,21)/t10-,13-/m0/s1. The first-order valence-electron chi connectivity index (χ1n) is 7.18. The van der Waals surface area contributed by atoms with E-state index >= 15 is 0 Å². The van der Waals surface area contributed by atoms with Gasteiger partial charge in [-0.1, -0.05) is 17.7 Å².